The highest BCUT2D eigenvalue weighted by Crippen LogP contribution is 2.25. The summed E-state index contributed by atoms with van der Waals surface area (Å²) < 4.78 is 4.99. The van der Waals surface area contributed by atoms with Gasteiger partial charge in [-0.1, -0.05) is 13.8 Å². The van der Waals surface area contributed by atoms with Crippen LogP contribution in [0.2, 0.25) is 0 Å². The van der Waals surface area contributed by atoms with Gasteiger partial charge in [0.15, 0.2) is 6.61 Å². The first-order valence-corrected chi connectivity index (χ1v) is 8.83. The molecule has 2 aliphatic rings. The summed E-state index contributed by atoms with van der Waals surface area (Å²) in [7, 11) is 0. The largest absolute Gasteiger partial charge is 0.452 e. The van der Waals surface area contributed by atoms with Crippen molar-refractivity contribution in [2.45, 2.75) is 39.2 Å². The van der Waals surface area contributed by atoms with Gasteiger partial charge in [-0.15, -0.1) is 0 Å². The number of hydrogen-bond acceptors (Lipinski definition) is 5. The van der Waals surface area contributed by atoms with Crippen molar-refractivity contribution >= 4 is 23.7 Å². The SMILES string of the molecule is CC(C)CCN1C(=O)c2ccc(C(=O)OCC(=O)NC3CC3)cc2C1=O. The second-order valence-electron chi connectivity index (χ2n) is 7.12. The van der Waals surface area contributed by atoms with Crippen LogP contribution in [0.25, 0.3) is 0 Å². The first-order chi connectivity index (χ1) is 12.4. The molecule has 0 saturated heterocycles. The van der Waals surface area contributed by atoms with Crippen LogP contribution in [0, 0.1) is 5.92 Å². The Morgan fingerprint density at radius 2 is 1.88 bits per heavy atom. The number of ether oxygens (including phenoxy) is 1. The number of benzene rings is 1. The van der Waals surface area contributed by atoms with Crippen LogP contribution in [0.3, 0.4) is 0 Å². The monoisotopic (exact) mass is 358 g/mol. The molecule has 1 heterocycles. The Hall–Kier alpha value is -2.70. The van der Waals surface area contributed by atoms with E-state index in [9.17, 15) is 19.2 Å². The second-order valence-corrected chi connectivity index (χ2v) is 7.12. The molecule has 3 rings (SSSR count). The highest BCUT2D eigenvalue weighted by atomic mass is 16.5. The molecule has 0 aromatic heterocycles. The third-order valence-electron chi connectivity index (χ3n) is 4.41. The summed E-state index contributed by atoms with van der Waals surface area (Å²) in [4.78, 5) is 49.8. The van der Waals surface area contributed by atoms with E-state index in [0.717, 1.165) is 19.3 Å². The Morgan fingerprint density at radius 1 is 1.19 bits per heavy atom. The Kier molecular flexibility index (Phi) is 5.06. The van der Waals surface area contributed by atoms with Crippen molar-refractivity contribution in [3.05, 3.63) is 34.9 Å². The highest BCUT2D eigenvalue weighted by molar-refractivity contribution is 6.21. The molecule has 26 heavy (non-hydrogen) atoms. The Labute approximate surface area is 151 Å². The molecule has 1 N–H and O–H groups in total. The van der Waals surface area contributed by atoms with Crippen LogP contribution in [0.5, 0.6) is 0 Å². The molecule has 138 valence electrons. The third-order valence-corrected chi connectivity index (χ3v) is 4.41. The normalized spacial score (nSPS) is 16.0. The molecule has 0 atom stereocenters. The average Bonchev–Trinajstić information content (AvgIpc) is 3.38. The number of fused-ring (bicyclic) bond motifs is 1. The maximum Gasteiger partial charge on any atom is 0.338 e. The van der Waals surface area contributed by atoms with Crippen LogP contribution in [0.4, 0.5) is 0 Å². The zero-order chi connectivity index (χ0) is 18.8. The van der Waals surface area contributed by atoms with Gasteiger partial charge in [0.05, 0.1) is 16.7 Å². The molecule has 0 bridgehead atoms. The summed E-state index contributed by atoms with van der Waals surface area (Å²) in [5, 5.41) is 2.72. The van der Waals surface area contributed by atoms with Gasteiger partial charge in [0.25, 0.3) is 17.7 Å². The fourth-order valence-electron chi connectivity index (χ4n) is 2.72. The van der Waals surface area contributed by atoms with Gasteiger partial charge < -0.3 is 10.1 Å². The minimum Gasteiger partial charge on any atom is -0.452 e. The van der Waals surface area contributed by atoms with Crippen molar-refractivity contribution in [1.29, 1.82) is 0 Å². The minimum atomic E-state index is -0.695. The summed E-state index contributed by atoms with van der Waals surface area (Å²) in [6.07, 6.45) is 2.62. The Balaban J connectivity index is 1.65. The lowest BCUT2D eigenvalue weighted by Crippen LogP contribution is -2.31. The molecule has 0 unspecified atom stereocenters. The van der Waals surface area contributed by atoms with Crippen LogP contribution in [-0.4, -0.2) is 47.8 Å². The van der Waals surface area contributed by atoms with Crippen LogP contribution < -0.4 is 5.32 Å². The summed E-state index contributed by atoms with van der Waals surface area (Å²) in [5.41, 5.74) is 0.646. The maximum atomic E-state index is 12.5. The van der Waals surface area contributed by atoms with E-state index in [0.29, 0.717) is 18.0 Å². The number of nitrogens with zero attached hydrogens (tertiary/aromatic N) is 1. The van der Waals surface area contributed by atoms with E-state index in [1.54, 1.807) is 0 Å². The van der Waals surface area contributed by atoms with Crippen LogP contribution in [0.15, 0.2) is 18.2 Å². The molecule has 3 amide bonds. The van der Waals surface area contributed by atoms with Crippen molar-refractivity contribution in [2.75, 3.05) is 13.2 Å². The number of esters is 1. The Morgan fingerprint density at radius 3 is 2.54 bits per heavy atom. The molecule has 0 radical (unpaired) electrons. The summed E-state index contributed by atoms with van der Waals surface area (Å²) in [6.45, 7) is 4.03. The second kappa shape index (κ2) is 7.27. The number of rotatable bonds is 7. The van der Waals surface area contributed by atoms with E-state index in [1.807, 2.05) is 13.8 Å². The van der Waals surface area contributed by atoms with Crippen LogP contribution >= 0.6 is 0 Å². The van der Waals surface area contributed by atoms with E-state index in [1.165, 1.54) is 23.1 Å². The van der Waals surface area contributed by atoms with Crippen molar-refractivity contribution in [1.82, 2.24) is 10.2 Å². The van der Waals surface area contributed by atoms with Gasteiger partial charge in [0.2, 0.25) is 0 Å². The van der Waals surface area contributed by atoms with E-state index >= 15 is 0 Å². The molecule has 0 spiro atoms. The van der Waals surface area contributed by atoms with Crippen molar-refractivity contribution in [3.63, 3.8) is 0 Å². The molecule has 7 nitrogen and oxygen atoms in total. The van der Waals surface area contributed by atoms with Crippen molar-refractivity contribution in [2.24, 2.45) is 5.92 Å². The van der Waals surface area contributed by atoms with Gasteiger partial charge >= 0.3 is 5.97 Å². The lowest BCUT2D eigenvalue weighted by molar-refractivity contribution is -0.124. The standard InChI is InChI=1S/C19H22N2O5/c1-11(2)7-8-21-17(23)14-6-3-12(9-15(14)18(21)24)19(25)26-10-16(22)20-13-4-5-13/h3,6,9,11,13H,4-5,7-8,10H2,1-2H3,(H,20,22). The molecular weight excluding hydrogens is 336 g/mol. The first-order valence-electron chi connectivity index (χ1n) is 8.83. The zero-order valence-corrected chi connectivity index (χ0v) is 14.9. The lowest BCUT2D eigenvalue weighted by atomic mass is 10.1. The Bertz CT molecular complexity index is 767. The molecule has 1 saturated carbocycles. The molecule has 1 aliphatic heterocycles. The molecule has 1 aromatic carbocycles. The third kappa shape index (κ3) is 3.92. The number of amides is 3. The average molecular weight is 358 g/mol. The zero-order valence-electron chi connectivity index (χ0n) is 14.9. The van der Waals surface area contributed by atoms with Gasteiger partial charge in [-0.05, 0) is 43.4 Å². The van der Waals surface area contributed by atoms with Gasteiger partial charge in [-0.25, -0.2) is 4.79 Å². The molecule has 1 aliphatic carbocycles. The van der Waals surface area contributed by atoms with E-state index in [-0.39, 0.29) is 35.6 Å². The molecule has 1 fully saturated rings. The van der Waals surface area contributed by atoms with Crippen molar-refractivity contribution < 1.29 is 23.9 Å². The van der Waals surface area contributed by atoms with E-state index in [4.69, 9.17) is 4.74 Å². The number of carbonyl (C=O) groups excluding carboxylic acids is 4. The fourth-order valence-corrected chi connectivity index (χ4v) is 2.72. The first kappa shape index (κ1) is 18.1. The summed E-state index contributed by atoms with van der Waals surface area (Å²) in [6, 6.07) is 4.47. The molecular formula is C19H22N2O5. The summed E-state index contributed by atoms with van der Waals surface area (Å²) >= 11 is 0. The van der Waals surface area contributed by atoms with Crippen LogP contribution in [-0.2, 0) is 9.53 Å². The van der Waals surface area contributed by atoms with Crippen molar-refractivity contribution in [3.8, 4) is 0 Å². The lowest BCUT2D eigenvalue weighted by Gasteiger charge is -2.14. The fraction of sp³-hybridized carbons (Fsp3) is 0.474. The minimum absolute atomic E-state index is 0.148. The van der Waals surface area contributed by atoms with Gasteiger partial charge in [0.1, 0.15) is 0 Å². The number of carbonyl (C=O) groups is 4. The number of hydrogen-bond donors (Lipinski definition) is 1. The number of nitrogens with one attached hydrogen (secondary N) is 1. The topological polar surface area (TPSA) is 92.8 Å². The molecule has 7 heteroatoms. The predicted molar refractivity (Wildman–Crippen MR) is 92.7 cm³/mol. The van der Waals surface area contributed by atoms with E-state index < -0.39 is 11.9 Å². The van der Waals surface area contributed by atoms with Gasteiger partial charge in [0, 0.05) is 12.6 Å². The van der Waals surface area contributed by atoms with E-state index in [2.05, 4.69) is 5.32 Å². The number of imide groups is 1. The molecule has 1 aromatic rings. The highest BCUT2D eigenvalue weighted by Gasteiger charge is 2.35. The van der Waals surface area contributed by atoms with Gasteiger partial charge in [-0.2, -0.15) is 0 Å². The quantitative estimate of drug-likeness (QED) is 0.592. The smallest absolute Gasteiger partial charge is 0.338 e. The maximum absolute atomic E-state index is 12.5. The van der Waals surface area contributed by atoms with Gasteiger partial charge in [-0.3, -0.25) is 19.3 Å². The van der Waals surface area contributed by atoms with Crippen LogP contribution in [0.1, 0.15) is 64.2 Å². The predicted octanol–water partition coefficient (Wildman–Crippen LogP) is 1.76. The summed E-state index contributed by atoms with van der Waals surface area (Å²) in [5.74, 6) is -1.40.